The SMILES string of the molecule is CN=C(NCc1ccccc1)NCc1ccc(N2CCSCC2)cc1.I. The molecule has 0 aliphatic carbocycles. The van der Waals surface area contributed by atoms with Gasteiger partial charge in [0.25, 0.3) is 0 Å². The minimum atomic E-state index is 0. The van der Waals surface area contributed by atoms with Gasteiger partial charge in [-0.1, -0.05) is 42.5 Å². The lowest BCUT2D eigenvalue weighted by Crippen LogP contribution is -2.36. The van der Waals surface area contributed by atoms with Crippen LogP contribution in [0.15, 0.2) is 59.6 Å². The van der Waals surface area contributed by atoms with Crippen molar-refractivity contribution in [2.24, 2.45) is 4.99 Å². The molecule has 1 aliphatic heterocycles. The quantitative estimate of drug-likeness (QED) is 0.387. The van der Waals surface area contributed by atoms with E-state index in [4.69, 9.17) is 0 Å². The summed E-state index contributed by atoms with van der Waals surface area (Å²) in [4.78, 5) is 6.76. The Morgan fingerprint density at radius 2 is 1.50 bits per heavy atom. The Kier molecular flexibility index (Phi) is 9.11. The van der Waals surface area contributed by atoms with Gasteiger partial charge in [-0.25, -0.2) is 0 Å². The van der Waals surface area contributed by atoms with Crippen molar-refractivity contribution in [2.45, 2.75) is 13.1 Å². The van der Waals surface area contributed by atoms with Gasteiger partial charge < -0.3 is 15.5 Å². The summed E-state index contributed by atoms with van der Waals surface area (Å²) in [7, 11) is 1.80. The predicted molar refractivity (Wildman–Crippen MR) is 125 cm³/mol. The van der Waals surface area contributed by atoms with E-state index in [1.807, 2.05) is 17.8 Å². The molecule has 1 saturated heterocycles. The van der Waals surface area contributed by atoms with Gasteiger partial charge in [-0.3, -0.25) is 4.99 Å². The predicted octanol–water partition coefficient (Wildman–Crippen LogP) is 3.72. The van der Waals surface area contributed by atoms with Crippen LogP contribution in [-0.2, 0) is 13.1 Å². The van der Waals surface area contributed by atoms with Gasteiger partial charge >= 0.3 is 0 Å². The second kappa shape index (κ2) is 11.3. The Balaban J connectivity index is 0.00000243. The van der Waals surface area contributed by atoms with E-state index in [1.54, 1.807) is 7.05 Å². The van der Waals surface area contributed by atoms with Crippen LogP contribution < -0.4 is 15.5 Å². The second-order valence-electron chi connectivity index (χ2n) is 6.03. The fourth-order valence-electron chi connectivity index (χ4n) is 2.83. The molecule has 2 N–H and O–H groups in total. The first-order valence-corrected chi connectivity index (χ1v) is 9.91. The molecule has 0 aromatic heterocycles. The van der Waals surface area contributed by atoms with Gasteiger partial charge in [0.15, 0.2) is 5.96 Å². The Bertz CT molecular complexity index is 670. The van der Waals surface area contributed by atoms with Gasteiger partial charge in [-0.15, -0.1) is 24.0 Å². The van der Waals surface area contributed by atoms with E-state index in [1.165, 1.54) is 28.3 Å². The molecule has 0 amide bonds. The molecule has 2 aromatic carbocycles. The summed E-state index contributed by atoms with van der Waals surface area (Å²) < 4.78 is 0. The van der Waals surface area contributed by atoms with E-state index in [0.717, 1.165) is 32.1 Å². The first-order chi connectivity index (χ1) is 12.3. The zero-order valence-electron chi connectivity index (χ0n) is 15.1. The normalized spacial score (nSPS) is 14.5. The van der Waals surface area contributed by atoms with Crippen molar-refractivity contribution in [1.82, 2.24) is 10.6 Å². The highest BCUT2D eigenvalue weighted by Crippen LogP contribution is 2.19. The number of anilines is 1. The summed E-state index contributed by atoms with van der Waals surface area (Å²) >= 11 is 2.04. The molecule has 1 heterocycles. The molecule has 0 spiro atoms. The van der Waals surface area contributed by atoms with Gasteiger partial charge in [-0.05, 0) is 23.3 Å². The maximum absolute atomic E-state index is 4.29. The summed E-state index contributed by atoms with van der Waals surface area (Å²) in [6.07, 6.45) is 0. The Morgan fingerprint density at radius 3 is 2.08 bits per heavy atom. The highest BCUT2D eigenvalue weighted by Gasteiger charge is 2.10. The molecule has 6 heteroatoms. The van der Waals surface area contributed by atoms with Crippen molar-refractivity contribution in [3.63, 3.8) is 0 Å². The van der Waals surface area contributed by atoms with E-state index in [0.29, 0.717) is 0 Å². The summed E-state index contributed by atoms with van der Waals surface area (Å²) in [5.74, 6) is 3.28. The number of hydrogen-bond acceptors (Lipinski definition) is 3. The van der Waals surface area contributed by atoms with Gasteiger partial charge in [0.1, 0.15) is 0 Å². The zero-order chi connectivity index (χ0) is 17.3. The monoisotopic (exact) mass is 482 g/mol. The van der Waals surface area contributed by atoms with Crippen molar-refractivity contribution in [3.05, 3.63) is 65.7 Å². The molecule has 1 fully saturated rings. The maximum atomic E-state index is 4.29. The zero-order valence-corrected chi connectivity index (χ0v) is 18.3. The van der Waals surface area contributed by atoms with Crippen molar-refractivity contribution in [2.75, 3.05) is 36.5 Å². The minimum absolute atomic E-state index is 0. The topological polar surface area (TPSA) is 39.7 Å². The highest BCUT2D eigenvalue weighted by molar-refractivity contribution is 14.0. The minimum Gasteiger partial charge on any atom is -0.370 e. The van der Waals surface area contributed by atoms with Crippen LogP contribution >= 0.6 is 35.7 Å². The van der Waals surface area contributed by atoms with Crippen LogP contribution in [0.2, 0.25) is 0 Å². The molecule has 3 rings (SSSR count). The number of halogens is 1. The van der Waals surface area contributed by atoms with Crippen molar-refractivity contribution >= 4 is 47.4 Å². The molecule has 0 saturated carbocycles. The Labute approximate surface area is 177 Å². The lowest BCUT2D eigenvalue weighted by molar-refractivity contribution is 0.808. The molecule has 0 atom stereocenters. The van der Waals surface area contributed by atoms with Gasteiger partial charge in [0, 0.05) is 50.4 Å². The number of guanidine groups is 1. The van der Waals surface area contributed by atoms with E-state index in [2.05, 4.69) is 69.1 Å². The summed E-state index contributed by atoms with van der Waals surface area (Å²) in [5, 5.41) is 6.72. The third-order valence-electron chi connectivity index (χ3n) is 4.30. The van der Waals surface area contributed by atoms with E-state index >= 15 is 0 Å². The van der Waals surface area contributed by atoms with Crippen molar-refractivity contribution in [3.8, 4) is 0 Å². The van der Waals surface area contributed by atoms with Crippen molar-refractivity contribution < 1.29 is 0 Å². The summed E-state index contributed by atoms with van der Waals surface area (Å²) in [6, 6.07) is 19.2. The number of rotatable bonds is 5. The highest BCUT2D eigenvalue weighted by atomic mass is 127. The van der Waals surface area contributed by atoms with Crippen LogP contribution in [0.3, 0.4) is 0 Å². The van der Waals surface area contributed by atoms with Gasteiger partial charge in [0.05, 0.1) is 0 Å². The van der Waals surface area contributed by atoms with Crippen LogP contribution in [-0.4, -0.2) is 37.6 Å². The smallest absolute Gasteiger partial charge is 0.191 e. The average Bonchev–Trinajstić information content (AvgIpc) is 2.70. The van der Waals surface area contributed by atoms with Gasteiger partial charge in [0.2, 0.25) is 0 Å². The first-order valence-electron chi connectivity index (χ1n) is 8.75. The molecule has 0 bridgehead atoms. The molecular weight excluding hydrogens is 455 g/mol. The summed E-state index contributed by atoms with van der Waals surface area (Å²) in [6.45, 7) is 3.84. The van der Waals surface area contributed by atoms with E-state index < -0.39 is 0 Å². The number of nitrogens with zero attached hydrogens (tertiary/aromatic N) is 2. The number of nitrogens with one attached hydrogen (secondary N) is 2. The molecule has 0 radical (unpaired) electrons. The molecule has 1 aliphatic rings. The molecule has 140 valence electrons. The lowest BCUT2D eigenvalue weighted by atomic mass is 10.2. The van der Waals surface area contributed by atoms with Gasteiger partial charge in [-0.2, -0.15) is 11.8 Å². The lowest BCUT2D eigenvalue weighted by Gasteiger charge is -2.28. The standard InChI is InChI=1S/C20H26N4S.HI/c1-21-20(22-15-17-5-3-2-4-6-17)23-16-18-7-9-19(10-8-18)24-11-13-25-14-12-24;/h2-10H,11-16H2,1H3,(H2,21,22,23);1H. The molecule has 26 heavy (non-hydrogen) atoms. The molecule has 0 unspecified atom stereocenters. The van der Waals surface area contributed by atoms with E-state index in [9.17, 15) is 0 Å². The third kappa shape index (κ3) is 6.39. The number of hydrogen-bond donors (Lipinski definition) is 2. The summed E-state index contributed by atoms with van der Waals surface area (Å²) in [5.41, 5.74) is 3.84. The number of benzene rings is 2. The van der Waals surface area contributed by atoms with E-state index in [-0.39, 0.29) is 24.0 Å². The first kappa shape index (κ1) is 20.9. The fraction of sp³-hybridized carbons (Fsp3) is 0.350. The number of thioether (sulfide) groups is 1. The third-order valence-corrected chi connectivity index (χ3v) is 5.24. The molecule has 4 nitrogen and oxygen atoms in total. The van der Waals surface area contributed by atoms with Crippen LogP contribution in [0.25, 0.3) is 0 Å². The largest absolute Gasteiger partial charge is 0.370 e. The molecule has 2 aromatic rings. The fourth-order valence-corrected chi connectivity index (χ4v) is 3.74. The van der Waals surface area contributed by atoms with Crippen LogP contribution in [0.4, 0.5) is 5.69 Å². The Morgan fingerprint density at radius 1 is 0.923 bits per heavy atom. The van der Waals surface area contributed by atoms with Crippen molar-refractivity contribution in [1.29, 1.82) is 0 Å². The Hall–Kier alpha value is -1.41. The second-order valence-corrected chi connectivity index (χ2v) is 7.26. The van der Waals surface area contributed by atoms with Crippen LogP contribution in [0.1, 0.15) is 11.1 Å². The average molecular weight is 482 g/mol. The van der Waals surface area contributed by atoms with Crippen LogP contribution in [0, 0.1) is 0 Å². The number of aliphatic imine (C=N–C) groups is 1. The van der Waals surface area contributed by atoms with Crippen LogP contribution in [0.5, 0.6) is 0 Å². The molecular formula is C20H27IN4S. The maximum Gasteiger partial charge on any atom is 0.191 e.